The molecule has 4 amide bonds. The number of rotatable bonds is 17. The van der Waals surface area contributed by atoms with Gasteiger partial charge >= 0.3 is 0 Å². The zero-order chi connectivity index (χ0) is 44.5. The minimum Gasteiger partial charge on any atom is -0.491 e. The lowest BCUT2D eigenvalue weighted by Crippen LogP contribution is -2.36. The monoisotopic (exact) mass is 863 g/mol. The molecule has 63 heavy (non-hydrogen) atoms. The smallest absolute Gasteiger partial charge is 0.276 e. The molecule has 1 saturated heterocycles. The summed E-state index contributed by atoms with van der Waals surface area (Å²) < 4.78 is 19.7. The maximum Gasteiger partial charge on any atom is 0.276 e. The normalized spacial score (nSPS) is 15.5. The van der Waals surface area contributed by atoms with Gasteiger partial charge < -0.3 is 40.1 Å². The van der Waals surface area contributed by atoms with Crippen molar-refractivity contribution in [3.05, 3.63) is 70.3 Å². The van der Waals surface area contributed by atoms with E-state index in [0.29, 0.717) is 102 Å². The number of aromatic nitrogens is 8. The van der Waals surface area contributed by atoms with Gasteiger partial charge in [-0.1, -0.05) is 0 Å². The summed E-state index contributed by atoms with van der Waals surface area (Å²) in [6, 6.07) is 9.44. The van der Waals surface area contributed by atoms with Gasteiger partial charge in [0.1, 0.15) is 40.5 Å². The Morgan fingerprint density at radius 2 is 1.38 bits per heavy atom. The van der Waals surface area contributed by atoms with Crippen LogP contribution in [-0.2, 0) is 19.6 Å². The highest BCUT2D eigenvalue weighted by molar-refractivity contribution is 6.05. The van der Waals surface area contributed by atoms with Crippen molar-refractivity contribution in [2.45, 2.75) is 91.6 Å². The fraction of sp³-hybridized carbons (Fsp3) is 0.442. The van der Waals surface area contributed by atoms with Gasteiger partial charge in [0.15, 0.2) is 0 Å². The Hall–Kier alpha value is -6.80. The van der Waals surface area contributed by atoms with Gasteiger partial charge in [-0.25, -0.2) is 9.97 Å². The van der Waals surface area contributed by atoms with Gasteiger partial charge in [-0.15, -0.1) is 0 Å². The molecule has 0 aliphatic carbocycles. The minimum atomic E-state index is -0.652. The number of primary amides is 2. The van der Waals surface area contributed by atoms with E-state index in [1.165, 1.54) is 0 Å². The topological polar surface area (TPSA) is 258 Å². The Kier molecular flexibility index (Phi) is 12.2. The Balaban J connectivity index is 1.12. The first kappa shape index (κ1) is 42.9. The van der Waals surface area contributed by atoms with Crippen LogP contribution in [-0.4, -0.2) is 111 Å². The number of nitrogens with zero attached hydrogens (tertiary/aromatic N) is 9. The predicted octanol–water partition coefficient (Wildman–Crippen LogP) is 3.78. The fourth-order valence-corrected chi connectivity index (χ4v) is 8.53. The quantitative estimate of drug-likeness (QED) is 0.0822. The van der Waals surface area contributed by atoms with Gasteiger partial charge in [-0.3, -0.25) is 39.2 Å². The Bertz CT molecular complexity index is 2720. The van der Waals surface area contributed by atoms with Crippen LogP contribution in [0.4, 0.5) is 11.9 Å². The van der Waals surface area contributed by atoms with E-state index in [4.69, 9.17) is 30.9 Å². The van der Waals surface area contributed by atoms with Crippen LogP contribution in [0.15, 0.2) is 36.4 Å². The average Bonchev–Trinajstić information content (AvgIpc) is 4.03. The van der Waals surface area contributed by atoms with Crippen LogP contribution >= 0.6 is 0 Å². The standard InChI is InChI=1S/C43H53N13O7/c1-5-54-32(17-24(3)50-54)40(60)48-42-46-30-19-26(38(44)58)21-34(62-16-8-12-52-14-10-29(57)11-15-52)36(30)53(42)13-7-9-28-23-63-35-22-27(39(45)59)20-31-37(35)56(28)43(47-31)49-41(61)33-18-25(4)51-55(33)6-2/h17-22,28-29,57H,5-16,23H2,1-4H3,(H2,44,58)(H2,45,59)(H,46,48,60)(H,47,49,61)/t28-/m0/s1. The molecule has 0 bridgehead atoms. The lowest BCUT2D eigenvalue weighted by Gasteiger charge is -2.29. The van der Waals surface area contributed by atoms with E-state index in [1.54, 1.807) is 45.8 Å². The molecule has 6 heterocycles. The first-order chi connectivity index (χ1) is 30.3. The zero-order valence-corrected chi connectivity index (χ0v) is 35.9. The molecule has 1 atom stereocenters. The minimum absolute atomic E-state index is 0.191. The summed E-state index contributed by atoms with van der Waals surface area (Å²) in [7, 11) is 0. The van der Waals surface area contributed by atoms with E-state index < -0.39 is 23.6 Å². The number of aryl methyl sites for hydroxylation is 5. The summed E-state index contributed by atoms with van der Waals surface area (Å²) >= 11 is 0. The third-order valence-electron chi connectivity index (χ3n) is 11.6. The van der Waals surface area contributed by atoms with Crippen molar-refractivity contribution in [3.8, 4) is 11.5 Å². The Morgan fingerprint density at radius 1 is 0.794 bits per heavy atom. The number of carbonyl (C=O) groups excluding carboxylic acids is 4. The molecule has 8 rings (SSSR count). The molecule has 1 fully saturated rings. The number of carbonyl (C=O) groups is 4. The number of nitrogens with one attached hydrogen (secondary N) is 2. The average molecular weight is 864 g/mol. The van der Waals surface area contributed by atoms with Gasteiger partial charge in [0.2, 0.25) is 23.7 Å². The van der Waals surface area contributed by atoms with Gasteiger partial charge in [0, 0.05) is 50.4 Å². The first-order valence-electron chi connectivity index (χ1n) is 21.4. The number of fused-ring (bicyclic) bond motifs is 1. The number of nitrogens with two attached hydrogens (primary N) is 2. The molecule has 0 radical (unpaired) electrons. The maximum absolute atomic E-state index is 13.9. The van der Waals surface area contributed by atoms with Gasteiger partial charge in [0.25, 0.3) is 11.8 Å². The molecule has 6 aromatic rings. The van der Waals surface area contributed by atoms with Gasteiger partial charge in [-0.2, -0.15) is 10.2 Å². The molecule has 20 nitrogen and oxygen atoms in total. The van der Waals surface area contributed by atoms with Crippen LogP contribution in [0, 0.1) is 13.8 Å². The third kappa shape index (κ3) is 8.81. The van der Waals surface area contributed by atoms with E-state index in [2.05, 4.69) is 25.7 Å². The number of amides is 4. The first-order valence-corrected chi connectivity index (χ1v) is 21.4. The van der Waals surface area contributed by atoms with E-state index in [-0.39, 0.29) is 41.8 Å². The van der Waals surface area contributed by atoms with Crippen LogP contribution in [0.2, 0.25) is 0 Å². The van der Waals surface area contributed by atoms with Crippen molar-refractivity contribution in [1.29, 1.82) is 0 Å². The largest absolute Gasteiger partial charge is 0.491 e. The molecule has 20 heteroatoms. The number of imidazole rings is 2. The highest BCUT2D eigenvalue weighted by Gasteiger charge is 2.30. The van der Waals surface area contributed by atoms with E-state index >= 15 is 0 Å². The lowest BCUT2D eigenvalue weighted by atomic mass is 10.1. The number of hydrogen-bond acceptors (Lipinski definition) is 12. The SMILES string of the molecule is CCn1nc(C)cc1C(=O)Nc1nc2cc(C(N)=O)cc(OCCCN3CCC(O)CC3)c2n1CCC[C@H]1COc2cc(C(N)=O)cc3nc(NC(=O)c4cc(C)nn4CC)n1c23. The van der Waals surface area contributed by atoms with Crippen LogP contribution in [0.25, 0.3) is 22.1 Å². The molecule has 2 aliphatic rings. The second-order valence-electron chi connectivity index (χ2n) is 16.1. The summed E-state index contributed by atoms with van der Waals surface area (Å²) in [6.45, 7) is 11.7. The highest BCUT2D eigenvalue weighted by Crippen LogP contribution is 2.39. The van der Waals surface area contributed by atoms with Crippen LogP contribution in [0.3, 0.4) is 0 Å². The fourth-order valence-electron chi connectivity index (χ4n) is 8.53. The predicted molar refractivity (Wildman–Crippen MR) is 233 cm³/mol. The second-order valence-corrected chi connectivity index (χ2v) is 16.1. The molecular weight excluding hydrogens is 811 g/mol. The van der Waals surface area contributed by atoms with Crippen molar-refractivity contribution >= 4 is 57.6 Å². The molecule has 0 unspecified atom stereocenters. The summed E-state index contributed by atoms with van der Waals surface area (Å²) in [6.07, 6.45) is 2.91. The van der Waals surface area contributed by atoms with Gasteiger partial charge in [-0.05, 0) is 96.2 Å². The van der Waals surface area contributed by atoms with E-state index in [1.807, 2.05) is 36.8 Å². The number of anilines is 2. The van der Waals surface area contributed by atoms with Crippen molar-refractivity contribution in [3.63, 3.8) is 0 Å². The number of hydrogen-bond donors (Lipinski definition) is 5. The van der Waals surface area contributed by atoms with Crippen LogP contribution in [0.5, 0.6) is 11.5 Å². The zero-order valence-electron chi connectivity index (χ0n) is 35.9. The maximum atomic E-state index is 13.9. The number of aliphatic hydroxyl groups excluding tert-OH is 1. The molecule has 7 N–H and O–H groups in total. The number of likely N-dealkylation sites (tertiary alicyclic amines) is 1. The molecule has 0 saturated carbocycles. The highest BCUT2D eigenvalue weighted by atomic mass is 16.5. The summed E-state index contributed by atoms with van der Waals surface area (Å²) in [5.74, 6) is -0.787. The van der Waals surface area contributed by atoms with Crippen molar-refractivity contribution in [2.75, 3.05) is 43.5 Å². The van der Waals surface area contributed by atoms with Gasteiger partial charge in [0.05, 0.1) is 41.2 Å². The van der Waals surface area contributed by atoms with E-state index in [9.17, 15) is 24.3 Å². The van der Waals surface area contributed by atoms with Crippen molar-refractivity contribution in [2.24, 2.45) is 11.5 Å². The molecule has 4 aromatic heterocycles. The number of aliphatic hydroxyl groups is 1. The summed E-state index contributed by atoms with van der Waals surface area (Å²) in [5.41, 5.74) is 16.0. The molecule has 332 valence electrons. The summed E-state index contributed by atoms with van der Waals surface area (Å²) in [5, 5.41) is 24.8. The van der Waals surface area contributed by atoms with Crippen molar-refractivity contribution in [1.82, 2.24) is 43.6 Å². The summed E-state index contributed by atoms with van der Waals surface area (Å²) in [4.78, 5) is 64.4. The van der Waals surface area contributed by atoms with Crippen LogP contribution in [0.1, 0.15) is 105 Å². The Labute approximate surface area is 362 Å². The number of benzene rings is 2. The van der Waals surface area contributed by atoms with Crippen LogP contribution < -0.4 is 31.6 Å². The number of ether oxygens (including phenoxy) is 2. The molecule has 0 spiro atoms. The molecule has 2 aliphatic heterocycles. The van der Waals surface area contributed by atoms with Crippen molar-refractivity contribution < 1.29 is 33.8 Å². The Morgan fingerprint density at radius 3 is 2.00 bits per heavy atom. The second kappa shape index (κ2) is 17.9. The lowest BCUT2D eigenvalue weighted by molar-refractivity contribution is 0.0800. The molecule has 2 aromatic carbocycles. The van der Waals surface area contributed by atoms with E-state index in [0.717, 1.165) is 32.5 Å². The molecular formula is C43H53N13O7. The number of piperidine rings is 1. The third-order valence-corrected chi connectivity index (χ3v) is 11.6.